The molecule has 0 unspecified atom stereocenters. The fourth-order valence-corrected chi connectivity index (χ4v) is 11.0. The monoisotopic (exact) mass is 806 g/mol. The molecule has 6 heteroatoms. The summed E-state index contributed by atoms with van der Waals surface area (Å²) >= 11 is 1.92. The summed E-state index contributed by atoms with van der Waals surface area (Å²) in [5, 5.41) is 2.61. The third-order valence-corrected chi connectivity index (χ3v) is 14.1. The second kappa shape index (κ2) is 13.3. The molecule has 0 N–H and O–H groups in total. The molecule has 1 aromatic heterocycles. The summed E-state index contributed by atoms with van der Waals surface area (Å²) in [5.41, 5.74) is 20.1. The quantitative estimate of drug-likeness (QED) is 0.166. The van der Waals surface area contributed by atoms with E-state index < -0.39 is 0 Å². The highest BCUT2D eigenvalue weighted by Gasteiger charge is 2.47. The molecular weight excluding hydrogens is 751 g/mol. The van der Waals surface area contributed by atoms with Crippen LogP contribution in [0.25, 0.3) is 21.2 Å². The van der Waals surface area contributed by atoms with Gasteiger partial charge in [0.2, 0.25) is 6.79 Å². The van der Waals surface area contributed by atoms with Crippen LogP contribution in [0.2, 0.25) is 0 Å². The molecule has 0 spiro atoms. The maximum atomic E-state index is 6.23. The van der Waals surface area contributed by atoms with E-state index in [1.165, 1.54) is 93.0 Å². The van der Waals surface area contributed by atoms with Crippen LogP contribution in [-0.2, 0) is 16.2 Å². The van der Waals surface area contributed by atoms with Gasteiger partial charge in [0, 0.05) is 33.4 Å². The van der Waals surface area contributed by atoms with Gasteiger partial charge in [0.15, 0.2) is 11.5 Å². The number of aryl methyl sites for hydroxylation is 3. The van der Waals surface area contributed by atoms with Gasteiger partial charge in [0.25, 0.3) is 6.71 Å². The van der Waals surface area contributed by atoms with Gasteiger partial charge < -0.3 is 19.3 Å². The van der Waals surface area contributed by atoms with Crippen LogP contribution in [0.3, 0.4) is 0 Å². The number of nitrogens with zero attached hydrogens (tertiary/aromatic N) is 2. The van der Waals surface area contributed by atoms with Gasteiger partial charge in [-0.3, -0.25) is 0 Å². The standard InChI is InChI=1S/C54H55BN2O2S/c1-31-22-43-49-44(23-31)57(50-32(2)24-37(25-33(50)3)54(10,11)12)51-48(39-27-36(53(7,8)9)19-21-47(39)60-51)55(49)40-28-45-46(59-30-58-45)29-42(40)56(43)41-20-18-35(52(4,5)6)26-38(41)34-16-14-13-15-17-34/h13-29H,30H2,1-12H3. The van der Waals surface area contributed by atoms with Gasteiger partial charge in [-0.1, -0.05) is 123 Å². The highest BCUT2D eigenvalue weighted by molar-refractivity contribution is 7.26. The van der Waals surface area contributed by atoms with Crippen LogP contribution in [0.15, 0.2) is 103 Å². The minimum Gasteiger partial charge on any atom is -0.454 e. The topological polar surface area (TPSA) is 24.9 Å². The van der Waals surface area contributed by atoms with Gasteiger partial charge in [-0.2, -0.15) is 0 Å². The normalized spacial score (nSPS) is 14.4. The first-order chi connectivity index (χ1) is 28.4. The SMILES string of the molecule is Cc1cc2c3c(c1)N(c1c(C)cc(C(C)(C)C)cc1C)c1sc4ccc(C(C)(C)C)cc4c1B3c1cc3c(cc1N2c1ccc(C(C)(C)C)cc1-c1ccccc1)OCO3. The van der Waals surface area contributed by atoms with E-state index in [2.05, 4.69) is 196 Å². The van der Waals surface area contributed by atoms with Crippen molar-refractivity contribution in [1.29, 1.82) is 0 Å². The van der Waals surface area contributed by atoms with Gasteiger partial charge >= 0.3 is 0 Å². The van der Waals surface area contributed by atoms with Gasteiger partial charge in [-0.05, 0) is 134 Å². The molecule has 0 bridgehead atoms. The fraction of sp³-hybridized carbons (Fsp3) is 0.296. The van der Waals surface area contributed by atoms with Gasteiger partial charge in [0.05, 0.1) is 16.4 Å². The number of rotatable bonds is 3. The lowest BCUT2D eigenvalue weighted by Gasteiger charge is -2.44. The fourth-order valence-electron chi connectivity index (χ4n) is 9.78. The van der Waals surface area contributed by atoms with Crippen LogP contribution in [0.4, 0.5) is 33.4 Å². The molecule has 10 rings (SSSR count). The predicted octanol–water partition coefficient (Wildman–Crippen LogP) is 13.2. The summed E-state index contributed by atoms with van der Waals surface area (Å²) in [4.78, 5) is 5.17. The first-order valence-electron chi connectivity index (χ1n) is 21.5. The van der Waals surface area contributed by atoms with Crippen LogP contribution in [0.1, 0.15) is 95.7 Å². The van der Waals surface area contributed by atoms with Gasteiger partial charge in [-0.25, -0.2) is 0 Å². The molecule has 0 amide bonds. The van der Waals surface area contributed by atoms with Crippen LogP contribution in [0, 0.1) is 20.8 Å². The summed E-state index contributed by atoms with van der Waals surface area (Å²) in [6, 6.07) is 39.4. The van der Waals surface area contributed by atoms with Crippen molar-refractivity contribution >= 4 is 78.0 Å². The van der Waals surface area contributed by atoms with Crippen LogP contribution in [-0.4, -0.2) is 13.5 Å². The van der Waals surface area contributed by atoms with E-state index in [0.717, 1.165) is 22.9 Å². The zero-order valence-corrected chi connectivity index (χ0v) is 38.0. The molecule has 60 heavy (non-hydrogen) atoms. The second-order valence-electron chi connectivity index (χ2n) is 20.4. The molecule has 0 saturated heterocycles. The molecule has 0 radical (unpaired) electrons. The smallest absolute Gasteiger partial charge is 0.254 e. The number of hydrogen-bond acceptors (Lipinski definition) is 5. The average Bonchev–Trinajstić information content (AvgIpc) is 3.80. The summed E-state index contributed by atoms with van der Waals surface area (Å²) < 4.78 is 13.7. The summed E-state index contributed by atoms with van der Waals surface area (Å²) in [7, 11) is 0. The lowest BCUT2D eigenvalue weighted by atomic mass is 9.33. The molecular formula is C54H55BN2O2S. The molecule has 4 heterocycles. The lowest BCUT2D eigenvalue weighted by molar-refractivity contribution is 0.174. The van der Waals surface area contributed by atoms with Crippen molar-refractivity contribution < 1.29 is 9.47 Å². The van der Waals surface area contributed by atoms with E-state index in [9.17, 15) is 0 Å². The number of benzene rings is 6. The second-order valence-corrected chi connectivity index (χ2v) is 21.5. The molecule has 3 aliphatic rings. The van der Waals surface area contributed by atoms with E-state index in [4.69, 9.17) is 9.47 Å². The molecule has 4 nitrogen and oxygen atoms in total. The molecule has 7 aromatic rings. The van der Waals surface area contributed by atoms with E-state index in [-0.39, 0.29) is 29.8 Å². The number of anilines is 6. The van der Waals surface area contributed by atoms with Crippen molar-refractivity contribution in [2.75, 3.05) is 16.6 Å². The average molecular weight is 807 g/mol. The highest BCUT2D eigenvalue weighted by atomic mass is 32.1. The molecule has 0 fully saturated rings. The summed E-state index contributed by atoms with van der Waals surface area (Å²) in [5.74, 6) is 1.59. The van der Waals surface area contributed by atoms with Crippen LogP contribution in [0.5, 0.6) is 11.5 Å². The van der Waals surface area contributed by atoms with Crippen molar-refractivity contribution in [2.45, 2.75) is 99.3 Å². The molecule has 6 aromatic carbocycles. The molecule has 3 aliphatic heterocycles. The van der Waals surface area contributed by atoms with E-state index in [1.807, 2.05) is 11.3 Å². The number of thiophene rings is 1. The Bertz CT molecular complexity index is 2880. The Morgan fingerprint density at radius 3 is 1.80 bits per heavy atom. The Kier molecular flexibility index (Phi) is 8.57. The zero-order chi connectivity index (χ0) is 42.2. The van der Waals surface area contributed by atoms with E-state index in [0.29, 0.717) is 0 Å². The number of fused-ring (bicyclic) bond motifs is 7. The van der Waals surface area contributed by atoms with Crippen molar-refractivity contribution in [3.8, 4) is 22.6 Å². The van der Waals surface area contributed by atoms with Crippen LogP contribution >= 0.6 is 11.3 Å². The largest absolute Gasteiger partial charge is 0.454 e. The number of hydrogen-bond donors (Lipinski definition) is 0. The zero-order valence-electron chi connectivity index (χ0n) is 37.2. The van der Waals surface area contributed by atoms with E-state index >= 15 is 0 Å². The maximum Gasteiger partial charge on any atom is 0.254 e. The van der Waals surface area contributed by atoms with E-state index in [1.54, 1.807) is 0 Å². The van der Waals surface area contributed by atoms with Crippen molar-refractivity contribution in [2.24, 2.45) is 0 Å². The highest BCUT2D eigenvalue weighted by Crippen LogP contribution is 2.52. The minimum atomic E-state index is -0.0462. The third kappa shape index (κ3) is 6.00. The first kappa shape index (κ1) is 38.7. The Morgan fingerprint density at radius 2 is 1.15 bits per heavy atom. The number of ether oxygens (including phenoxy) is 2. The summed E-state index contributed by atoms with van der Waals surface area (Å²) in [6.07, 6.45) is 0. The summed E-state index contributed by atoms with van der Waals surface area (Å²) in [6.45, 7) is 27.9. The predicted molar refractivity (Wildman–Crippen MR) is 258 cm³/mol. The maximum absolute atomic E-state index is 6.23. The minimum absolute atomic E-state index is 0.00611. The molecule has 0 saturated carbocycles. The van der Waals surface area contributed by atoms with Gasteiger partial charge in [0.1, 0.15) is 0 Å². The van der Waals surface area contributed by atoms with Crippen molar-refractivity contribution in [3.63, 3.8) is 0 Å². The molecule has 302 valence electrons. The lowest BCUT2D eigenvalue weighted by Crippen LogP contribution is -2.61. The Morgan fingerprint density at radius 1 is 0.550 bits per heavy atom. The van der Waals surface area contributed by atoms with Crippen LogP contribution < -0.4 is 35.7 Å². The first-order valence-corrected chi connectivity index (χ1v) is 22.3. The Hall–Kier alpha value is -5.46. The third-order valence-electron chi connectivity index (χ3n) is 13.0. The molecule has 0 atom stereocenters. The Balaban J connectivity index is 1.35. The van der Waals surface area contributed by atoms with Crippen molar-refractivity contribution in [1.82, 2.24) is 0 Å². The van der Waals surface area contributed by atoms with Gasteiger partial charge in [-0.15, -0.1) is 11.3 Å². The Labute approximate surface area is 360 Å². The molecule has 0 aliphatic carbocycles. The van der Waals surface area contributed by atoms with Crippen molar-refractivity contribution in [3.05, 3.63) is 137 Å².